The Hall–Kier alpha value is -0.570. The molecule has 0 aliphatic heterocycles. The van der Waals surface area contributed by atoms with Crippen LogP contribution >= 0.6 is 0 Å². The van der Waals surface area contributed by atoms with Crippen molar-refractivity contribution in [2.24, 2.45) is 17.6 Å². The summed E-state index contributed by atoms with van der Waals surface area (Å²) in [6.45, 7) is 8.65. The van der Waals surface area contributed by atoms with Crippen LogP contribution in [0.3, 0.4) is 0 Å². The fourth-order valence-electron chi connectivity index (χ4n) is 1.59. The normalized spacial score (nSPS) is 15.3. The van der Waals surface area contributed by atoms with Gasteiger partial charge in [0.25, 0.3) is 0 Å². The van der Waals surface area contributed by atoms with Gasteiger partial charge in [-0.15, -0.1) is 0 Å². The molecule has 0 heterocycles. The second-order valence-electron chi connectivity index (χ2n) is 4.01. The molecule has 84 valence electrons. The van der Waals surface area contributed by atoms with Crippen LogP contribution in [-0.2, 0) is 4.79 Å². The largest absolute Gasteiger partial charge is 0.353 e. The molecule has 0 radical (unpaired) electrons. The first-order valence-corrected chi connectivity index (χ1v) is 5.57. The van der Waals surface area contributed by atoms with Gasteiger partial charge in [-0.25, -0.2) is 0 Å². The summed E-state index contributed by atoms with van der Waals surface area (Å²) in [6, 6.07) is 0.256. The molecular weight excluding hydrogens is 176 g/mol. The van der Waals surface area contributed by atoms with Gasteiger partial charge in [-0.2, -0.15) is 0 Å². The first kappa shape index (κ1) is 13.4. The molecule has 1 amide bonds. The van der Waals surface area contributed by atoms with E-state index in [1.165, 1.54) is 0 Å². The summed E-state index contributed by atoms with van der Waals surface area (Å²) in [6.07, 6.45) is 2.21. The molecule has 0 saturated heterocycles. The van der Waals surface area contributed by atoms with Gasteiger partial charge in [0.15, 0.2) is 0 Å². The van der Waals surface area contributed by atoms with E-state index in [0.29, 0.717) is 12.5 Å². The van der Waals surface area contributed by atoms with Gasteiger partial charge in [0.05, 0.1) is 0 Å². The van der Waals surface area contributed by atoms with Crippen molar-refractivity contribution in [2.75, 3.05) is 6.54 Å². The Morgan fingerprint density at radius 2 is 1.79 bits per heavy atom. The van der Waals surface area contributed by atoms with E-state index >= 15 is 0 Å². The van der Waals surface area contributed by atoms with E-state index in [1.54, 1.807) is 0 Å². The first-order chi connectivity index (χ1) is 6.56. The highest BCUT2D eigenvalue weighted by molar-refractivity contribution is 5.78. The summed E-state index contributed by atoms with van der Waals surface area (Å²) < 4.78 is 0. The molecule has 0 aromatic carbocycles. The lowest BCUT2D eigenvalue weighted by Gasteiger charge is -2.23. The smallest absolute Gasteiger partial charge is 0.224 e. The van der Waals surface area contributed by atoms with Crippen molar-refractivity contribution in [3.8, 4) is 0 Å². The Morgan fingerprint density at radius 3 is 2.14 bits per heavy atom. The molecule has 3 nitrogen and oxygen atoms in total. The number of nitrogens with two attached hydrogens (primary N) is 1. The molecule has 0 bridgehead atoms. The fourth-order valence-corrected chi connectivity index (χ4v) is 1.59. The van der Waals surface area contributed by atoms with Crippen molar-refractivity contribution in [1.29, 1.82) is 0 Å². The monoisotopic (exact) mass is 200 g/mol. The average Bonchev–Trinajstić information content (AvgIpc) is 2.18. The van der Waals surface area contributed by atoms with E-state index in [9.17, 15) is 4.79 Å². The lowest BCUT2D eigenvalue weighted by atomic mass is 9.95. The van der Waals surface area contributed by atoms with Gasteiger partial charge in [0.1, 0.15) is 0 Å². The van der Waals surface area contributed by atoms with Gasteiger partial charge in [0.2, 0.25) is 5.91 Å². The molecule has 3 heteroatoms. The molecule has 0 rings (SSSR count). The topological polar surface area (TPSA) is 55.1 Å². The predicted molar refractivity (Wildman–Crippen MR) is 59.9 cm³/mol. The summed E-state index contributed by atoms with van der Waals surface area (Å²) in [7, 11) is 0. The highest BCUT2D eigenvalue weighted by Crippen LogP contribution is 2.12. The molecule has 0 aromatic rings. The van der Waals surface area contributed by atoms with Crippen LogP contribution in [0.1, 0.15) is 40.5 Å². The zero-order valence-corrected chi connectivity index (χ0v) is 9.84. The molecule has 0 spiro atoms. The zero-order chi connectivity index (χ0) is 11.1. The molecule has 0 aliphatic carbocycles. The van der Waals surface area contributed by atoms with Crippen molar-refractivity contribution in [3.63, 3.8) is 0 Å². The van der Waals surface area contributed by atoms with Gasteiger partial charge < -0.3 is 11.1 Å². The van der Waals surface area contributed by atoms with Crippen molar-refractivity contribution in [3.05, 3.63) is 0 Å². The van der Waals surface area contributed by atoms with Crippen molar-refractivity contribution in [2.45, 2.75) is 46.6 Å². The minimum atomic E-state index is -0.0770. The maximum atomic E-state index is 11.5. The molecule has 3 N–H and O–H groups in total. The quantitative estimate of drug-likeness (QED) is 0.683. The van der Waals surface area contributed by atoms with Gasteiger partial charge in [-0.05, 0) is 12.8 Å². The summed E-state index contributed by atoms with van der Waals surface area (Å²) in [5.41, 5.74) is 5.43. The number of hydrogen-bond acceptors (Lipinski definition) is 2. The standard InChI is InChI=1S/C11H24N2O/c1-5-10(6-2)9(4)13-11(14)8(3)7-12/h8-10H,5-7,12H2,1-4H3,(H,13,14). The van der Waals surface area contributed by atoms with Gasteiger partial charge in [-0.3, -0.25) is 4.79 Å². The Kier molecular flexibility index (Phi) is 6.54. The summed E-state index contributed by atoms with van der Waals surface area (Å²) in [5.74, 6) is 0.572. The van der Waals surface area contributed by atoms with E-state index in [1.807, 2.05) is 6.92 Å². The van der Waals surface area contributed by atoms with Crippen molar-refractivity contribution >= 4 is 5.91 Å². The predicted octanol–water partition coefficient (Wildman–Crippen LogP) is 1.52. The maximum Gasteiger partial charge on any atom is 0.224 e. The molecule has 0 saturated carbocycles. The van der Waals surface area contributed by atoms with Crippen molar-refractivity contribution < 1.29 is 4.79 Å². The number of amides is 1. The molecule has 2 unspecified atom stereocenters. The van der Waals surface area contributed by atoms with Crippen LogP contribution in [0.5, 0.6) is 0 Å². The second-order valence-corrected chi connectivity index (χ2v) is 4.01. The Morgan fingerprint density at radius 1 is 1.29 bits per heavy atom. The van der Waals surface area contributed by atoms with Crippen LogP contribution < -0.4 is 11.1 Å². The lowest BCUT2D eigenvalue weighted by Crippen LogP contribution is -2.42. The molecule has 0 aromatic heterocycles. The third-order valence-electron chi connectivity index (χ3n) is 2.93. The van der Waals surface area contributed by atoms with E-state index in [2.05, 4.69) is 26.1 Å². The Balaban J connectivity index is 4.03. The fraction of sp³-hybridized carbons (Fsp3) is 0.909. The number of carbonyl (C=O) groups excluding carboxylic acids is 1. The molecular formula is C11H24N2O. The average molecular weight is 200 g/mol. The third-order valence-corrected chi connectivity index (χ3v) is 2.93. The highest BCUT2D eigenvalue weighted by Gasteiger charge is 2.18. The molecule has 0 aliphatic rings. The number of nitrogens with one attached hydrogen (secondary N) is 1. The minimum Gasteiger partial charge on any atom is -0.353 e. The van der Waals surface area contributed by atoms with Gasteiger partial charge in [-0.1, -0.05) is 33.6 Å². The lowest BCUT2D eigenvalue weighted by molar-refractivity contribution is -0.125. The SMILES string of the molecule is CCC(CC)C(C)NC(=O)C(C)CN. The summed E-state index contributed by atoms with van der Waals surface area (Å²) >= 11 is 0. The van der Waals surface area contributed by atoms with Crippen LogP contribution in [0.25, 0.3) is 0 Å². The van der Waals surface area contributed by atoms with Crippen molar-refractivity contribution in [1.82, 2.24) is 5.32 Å². The van der Waals surface area contributed by atoms with E-state index < -0.39 is 0 Å². The van der Waals surface area contributed by atoms with Crippen LogP contribution in [0.15, 0.2) is 0 Å². The first-order valence-electron chi connectivity index (χ1n) is 5.57. The van der Waals surface area contributed by atoms with E-state index in [-0.39, 0.29) is 17.9 Å². The number of hydrogen-bond donors (Lipinski definition) is 2. The van der Waals surface area contributed by atoms with Gasteiger partial charge >= 0.3 is 0 Å². The van der Waals surface area contributed by atoms with Crippen LogP contribution in [0.2, 0.25) is 0 Å². The minimum absolute atomic E-state index is 0.0758. The second kappa shape index (κ2) is 6.82. The van der Waals surface area contributed by atoms with E-state index in [4.69, 9.17) is 5.73 Å². The van der Waals surface area contributed by atoms with Crippen LogP contribution in [-0.4, -0.2) is 18.5 Å². The van der Waals surface area contributed by atoms with Crippen LogP contribution in [0.4, 0.5) is 0 Å². The molecule has 0 fully saturated rings. The third kappa shape index (κ3) is 4.09. The van der Waals surface area contributed by atoms with E-state index in [0.717, 1.165) is 12.8 Å². The Bertz CT molecular complexity index is 167. The zero-order valence-electron chi connectivity index (χ0n) is 9.84. The maximum absolute atomic E-state index is 11.5. The highest BCUT2D eigenvalue weighted by atomic mass is 16.1. The van der Waals surface area contributed by atoms with Crippen LogP contribution in [0, 0.1) is 11.8 Å². The molecule has 2 atom stereocenters. The Labute approximate surface area is 87.4 Å². The summed E-state index contributed by atoms with van der Waals surface area (Å²) in [4.78, 5) is 11.5. The molecule has 14 heavy (non-hydrogen) atoms. The number of carbonyl (C=O) groups is 1. The summed E-state index contributed by atoms with van der Waals surface area (Å²) in [5, 5.41) is 3.01. The number of rotatable bonds is 6. The van der Waals surface area contributed by atoms with Gasteiger partial charge in [0, 0.05) is 18.5 Å².